The number of aryl methyl sites for hydroxylation is 1. The summed E-state index contributed by atoms with van der Waals surface area (Å²) in [6, 6.07) is 9.33. The fourth-order valence-electron chi connectivity index (χ4n) is 2.37. The van der Waals surface area contributed by atoms with E-state index >= 15 is 0 Å². The third-order valence-electron chi connectivity index (χ3n) is 3.39. The van der Waals surface area contributed by atoms with E-state index in [1.54, 1.807) is 26.8 Å². The average molecular weight is 316 g/mol. The molecule has 0 aliphatic carbocycles. The van der Waals surface area contributed by atoms with E-state index in [1.165, 1.54) is 4.68 Å². The van der Waals surface area contributed by atoms with Crippen LogP contribution in [0.1, 0.15) is 46.2 Å². The molecule has 23 heavy (non-hydrogen) atoms. The molecule has 0 unspecified atom stereocenters. The van der Waals surface area contributed by atoms with Crippen LogP contribution < -0.4 is 11.0 Å². The van der Waals surface area contributed by atoms with Crippen molar-refractivity contribution in [1.82, 2.24) is 4.68 Å². The van der Waals surface area contributed by atoms with E-state index < -0.39 is 11.7 Å². The van der Waals surface area contributed by atoms with Crippen LogP contribution in [0.5, 0.6) is 0 Å². The highest BCUT2D eigenvalue weighted by Crippen LogP contribution is 2.14. The number of amides is 1. The molecule has 1 amide bonds. The van der Waals surface area contributed by atoms with Gasteiger partial charge in [-0.15, -0.1) is 0 Å². The third-order valence-corrected chi connectivity index (χ3v) is 3.39. The Kier molecular flexibility index (Phi) is 5.08. The van der Waals surface area contributed by atoms with Crippen molar-refractivity contribution in [3.63, 3.8) is 0 Å². The summed E-state index contributed by atoms with van der Waals surface area (Å²) in [6.45, 7) is 7.44. The largest absolute Gasteiger partial charge is 0.443 e. The molecule has 5 heteroatoms. The minimum absolute atomic E-state index is 0.236. The SMILES string of the molecule is CCCCc1cc2ccccc2c(=O)n1NC(=O)OC(C)(C)C. The zero-order valence-corrected chi connectivity index (χ0v) is 14.2. The van der Waals surface area contributed by atoms with Crippen LogP contribution in [-0.4, -0.2) is 16.4 Å². The van der Waals surface area contributed by atoms with Gasteiger partial charge in [-0.25, -0.2) is 14.9 Å². The number of unbranched alkanes of at least 4 members (excludes halogenated alkanes) is 1. The summed E-state index contributed by atoms with van der Waals surface area (Å²) in [5.74, 6) is 0. The molecule has 0 radical (unpaired) electrons. The number of benzene rings is 1. The van der Waals surface area contributed by atoms with Crippen molar-refractivity contribution in [3.8, 4) is 0 Å². The first-order valence-corrected chi connectivity index (χ1v) is 7.95. The maximum atomic E-state index is 12.7. The van der Waals surface area contributed by atoms with Gasteiger partial charge in [0.1, 0.15) is 5.60 Å². The fourth-order valence-corrected chi connectivity index (χ4v) is 2.37. The maximum absolute atomic E-state index is 12.7. The van der Waals surface area contributed by atoms with E-state index in [4.69, 9.17) is 4.74 Å². The van der Waals surface area contributed by atoms with Gasteiger partial charge in [0.2, 0.25) is 0 Å². The van der Waals surface area contributed by atoms with Crippen LogP contribution in [0, 0.1) is 0 Å². The summed E-state index contributed by atoms with van der Waals surface area (Å²) in [6.07, 6.45) is 2.03. The molecule has 1 aromatic carbocycles. The number of hydrogen-bond donors (Lipinski definition) is 1. The number of hydrogen-bond acceptors (Lipinski definition) is 3. The van der Waals surface area contributed by atoms with Gasteiger partial charge in [0.05, 0.1) is 0 Å². The lowest BCUT2D eigenvalue weighted by molar-refractivity contribution is 0.0611. The van der Waals surface area contributed by atoms with Gasteiger partial charge >= 0.3 is 6.09 Å². The first-order chi connectivity index (χ1) is 10.8. The number of rotatable bonds is 4. The van der Waals surface area contributed by atoms with Crippen LogP contribution in [0.15, 0.2) is 35.1 Å². The van der Waals surface area contributed by atoms with Crippen molar-refractivity contribution in [1.29, 1.82) is 0 Å². The molecule has 0 saturated carbocycles. The minimum Gasteiger partial charge on any atom is -0.443 e. The fraction of sp³-hybridized carbons (Fsp3) is 0.444. The van der Waals surface area contributed by atoms with Crippen LogP contribution >= 0.6 is 0 Å². The molecule has 0 spiro atoms. The van der Waals surface area contributed by atoms with Gasteiger partial charge in [0.25, 0.3) is 5.56 Å². The number of ether oxygens (including phenoxy) is 1. The molecule has 0 aliphatic rings. The molecule has 0 bridgehead atoms. The zero-order chi connectivity index (χ0) is 17.0. The Hall–Kier alpha value is -2.30. The van der Waals surface area contributed by atoms with Crippen molar-refractivity contribution in [3.05, 3.63) is 46.4 Å². The summed E-state index contributed by atoms with van der Waals surface area (Å²) in [4.78, 5) is 24.8. The smallest absolute Gasteiger partial charge is 0.427 e. The Bertz CT molecular complexity index is 757. The van der Waals surface area contributed by atoms with Crippen LogP contribution in [0.25, 0.3) is 10.8 Å². The van der Waals surface area contributed by atoms with Gasteiger partial charge in [-0.1, -0.05) is 31.5 Å². The quantitative estimate of drug-likeness (QED) is 0.932. The number of nitrogens with zero attached hydrogens (tertiary/aromatic N) is 1. The molecule has 1 heterocycles. The summed E-state index contributed by atoms with van der Waals surface area (Å²) < 4.78 is 6.57. The molecule has 2 aromatic rings. The van der Waals surface area contributed by atoms with E-state index in [0.29, 0.717) is 11.8 Å². The number of carbonyl (C=O) groups is 1. The summed E-state index contributed by atoms with van der Waals surface area (Å²) in [5.41, 5.74) is 2.51. The molecule has 1 N–H and O–H groups in total. The molecule has 0 saturated heterocycles. The number of nitrogens with one attached hydrogen (secondary N) is 1. The Balaban J connectivity index is 2.44. The maximum Gasteiger partial charge on any atom is 0.427 e. The number of aromatic nitrogens is 1. The average Bonchev–Trinajstić information content (AvgIpc) is 2.46. The second kappa shape index (κ2) is 6.86. The number of fused-ring (bicyclic) bond motifs is 1. The second-order valence-electron chi connectivity index (χ2n) is 6.58. The predicted molar refractivity (Wildman–Crippen MR) is 92.4 cm³/mol. The van der Waals surface area contributed by atoms with Crippen LogP contribution in [0.3, 0.4) is 0 Å². The second-order valence-corrected chi connectivity index (χ2v) is 6.58. The summed E-state index contributed by atoms with van der Waals surface area (Å²) in [7, 11) is 0. The van der Waals surface area contributed by atoms with Crippen LogP contribution in [0.2, 0.25) is 0 Å². The molecule has 0 fully saturated rings. The van der Waals surface area contributed by atoms with Crippen LogP contribution in [0.4, 0.5) is 4.79 Å². The lowest BCUT2D eigenvalue weighted by Crippen LogP contribution is -2.38. The van der Waals surface area contributed by atoms with Gasteiger partial charge < -0.3 is 4.74 Å². The van der Waals surface area contributed by atoms with E-state index in [0.717, 1.165) is 23.9 Å². The van der Waals surface area contributed by atoms with Crippen molar-refractivity contribution >= 4 is 16.9 Å². The van der Waals surface area contributed by atoms with Crippen molar-refractivity contribution < 1.29 is 9.53 Å². The zero-order valence-electron chi connectivity index (χ0n) is 14.2. The van der Waals surface area contributed by atoms with Gasteiger partial charge in [-0.2, -0.15) is 0 Å². The van der Waals surface area contributed by atoms with Crippen molar-refractivity contribution in [2.45, 2.75) is 52.6 Å². The van der Waals surface area contributed by atoms with Crippen molar-refractivity contribution in [2.24, 2.45) is 0 Å². The Morgan fingerprint density at radius 3 is 2.61 bits per heavy atom. The van der Waals surface area contributed by atoms with E-state index in [2.05, 4.69) is 12.3 Å². The highest BCUT2D eigenvalue weighted by molar-refractivity contribution is 5.83. The minimum atomic E-state index is -0.632. The Morgan fingerprint density at radius 1 is 1.26 bits per heavy atom. The standard InChI is InChI=1S/C18H24N2O3/c1-5-6-10-14-12-13-9-7-8-11-15(13)16(21)20(14)19-17(22)23-18(2,3)4/h7-9,11-12H,5-6,10H2,1-4H3,(H,19,22). The van der Waals surface area contributed by atoms with Gasteiger partial charge in [0, 0.05) is 11.1 Å². The summed E-state index contributed by atoms with van der Waals surface area (Å²) in [5, 5.41) is 1.45. The molecular formula is C18H24N2O3. The molecule has 0 aliphatic heterocycles. The first-order valence-electron chi connectivity index (χ1n) is 7.95. The molecule has 2 rings (SSSR count). The lowest BCUT2D eigenvalue weighted by Gasteiger charge is -2.21. The van der Waals surface area contributed by atoms with E-state index in [9.17, 15) is 9.59 Å². The highest BCUT2D eigenvalue weighted by atomic mass is 16.6. The Labute approximate surface area is 136 Å². The third kappa shape index (κ3) is 4.34. The Morgan fingerprint density at radius 2 is 1.96 bits per heavy atom. The van der Waals surface area contributed by atoms with Gasteiger partial charge in [-0.3, -0.25) is 4.79 Å². The van der Waals surface area contributed by atoms with E-state index in [-0.39, 0.29) is 5.56 Å². The molecule has 0 atom stereocenters. The van der Waals surface area contributed by atoms with E-state index in [1.807, 2.05) is 24.3 Å². The molecule has 1 aromatic heterocycles. The normalized spacial score (nSPS) is 11.5. The van der Waals surface area contributed by atoms with Crippen molar-refractivity contribution in [2.75, 3.05) is 5.43 Å². The lowest BCUT2D eigenvalue weighted by atomic mass is 10.1. The first kappa shape index (κ1) is 17.1. The molecule has 124 valence electrons. The topological polar surface area (TPSA) is 60.3 Å². The monoisotopic (exact) mass is 316 g/mol. The number of pyridine rings is 1. The molecular weight excluding hydrogens is 292 g/mol. The predicted octanol–water partition coefficient (Wildman–Crippen LogP) is 3.82. The highest BCUT2D eigenvalue weighted by Gasteiger charge is 2.18. The molecule has 5 nitrogen and oxygen atoms in total. The number of carbonyl (C=O) groups excluding carboxylic acids is 1. The summed E-state index contributed by atoms with van der Waals surface area (Å²) >= 11 is 0. The van der Waals surface area contributed by atoms with Gasteiger partial charge in [-0.05, 0) is 51.1 Å². The van der Waals surface area contributed by atoms with Gasteiger partial charge in [0.15, 0.2) is 0 Å². The van der Waals surface area contributed by atoms with Crippen LogP contribution in [-0.2, 0) is 11.2 Å².